The Kier molecular flexibility index (Phi) is 5.84. The standard InChI is InChI=1S/C22H29NO3/c1-17(2)26-19-8-6-7-18(15-19)16-23-13-11-22(24,12-14-23)20-9-4-5-10-21(20)25-3/h4-10,15,17,24H,11-14,16H2,1-3H3. The highest BCUT2D eigenvalue weighted by molar-refractivity contribution is 5.38. The van der Waals surface area contributed by atoms with E-state index in [1.807, 2.05) is 50.2 Å². The molecule has 140 valence electrons. The van der Waals surface area contributed by atoms with Crippen LogP contribution in [0.4, 0.5) is 0 Å². The fraction of sp³-hybridized carbons (Fsp3) is 0.455. The third kappa shape index (κ3) is 4.37. The maximum Gasteiger partial charge on any atom is 0.124 e. The van der Waals surface area contributed by atoms with Crippen molar-refractivity contribution in [3.8, 4) is 11.5 Å². The lowest BCUT2D eigenvalue weighted by molar-refractivity contribution is -0.0292. The van der Waals surface area contributed by atoms with Crippen LogP contribution in [0.2, 0.25) is 0 Å². The van der Waals surface area contributed by atoms with E-state index in [2.05, 4.69) is 17.0 Å². The van der Waals surface area contributed by atoms with Crippen molar-refractivity contribution in [3.63, 3.8) is 0 Å². The van der Waals surface area contributed by atoms with Gasteiger partial charge >= 0.3 is 0 Å². The molecule has 0 bridgehead atoms. The van der Waals surface area contributed by atoms with Crippen LogP contribution < -0.4 is 9.47 Å². The smallest absolute Gasteiger partial charge is 0.124 e. The van der Waals surface area contributed by atoms with Crippen LogP contribution in [0.5, 0.6) is 11.5 Å². The Balaban J connectivity index is 1.63. The van der Waals surface area contributed by atoms with Crippen molar-refractivity contribution in [1.82, 2.24) is 4.90 Å². The highest BCUT2D eigenvalue weighted by atomic mass is 16.5. The van der Waals surface area contributed by atoms with Crippen LogP contribution in [-0.2, 0) is 12.1 Å². The third-order valence-corrected chi connectivity index (χ3v) is 4.97. The van der Waals surface area contributed by atoms with E-state index in [9.17, 15) is 5.11 Å². The quantitative estimate of drug-likeness (QED) is 0.851. The summed E-state index contributed by atoms with van der Waals surface area (Å²) in [6.07, 6.45) is 1.58. The molecular formula is C22H29NO3. The van der Waals surface area contributed by atoms with Crippen LogP contribution in [0.3, 0.4) is 0 Å². The minimum atomic E-state index is -0.814. The Bertz CT molecular complexity index is 721. The maximum absolute atomic E-state index is 11.2. The van der Waals surface area contributed by atoms with E-state index in [4.69, 9.17) is 9.47 Å². The first-order chi connectivity index (χ1) is 12.5. The van der Waals surface area contributed by atoms with Gasteiger partial charge in [0.05, 0.1) is 18.8 Å². The Labute approximate surface area is 156 Å². The summed E-state index contributed by atoms with van der Waals surface area (Å²) in [4.78, 5) is 2.39. The van der Waals surface area contributed by atoms with E-state index in [0.717, 1.165) is 36.7 Å². The summed E-state index contributed by atoms with van der Waals surface area (Å²) in [7, 11) is 1.66. The molecule has 0 aliphatic carbocycles. The molecule has 0 atom stereocenters. The summed E-state index contributed by atoms with van der Waals surface area (Å²) >= 11 is 0. The molecule has 1 fully saturated rings. The Morgan fingerprint density at radius 3 is 2.50 bits per heavy atom. The summed E-state index contributed by atoms with van der Waals surface area (Å²) in [6, 6.07) is 16.1. The van der Waals surface area contributed by atoms with Crippen LogP contribution in [-0.4, -0.2) is 36.3 Å². The highest BCUT2D eigenvalue weighted by Gasteiger charge is 2.36. The number of para-hydroxylation sites is 1. The lowest BCUT2D eigenvalue weighted by Gasteiger charge is -2.39. The molecule has 4 nitrogen and oxygen atoms in total. The van der Waals surface area contributed by atoms with Gasteiger partial charge in [-0.3, -0.25) is 4.90 Å². The molecule has 1 saturated heterocycles. The average Bonchev–Trinajstić information content (AvgIpc) is 2.63. The molecule has 1 N–H and O–H groups in total. The average molecular weight is 355 g/mol. The minimum Gasteiger partial charge on any atom is -0.496 e. The summed E-state index contributed by atoms with van der Waals surface area (Å²) in [5.41, 5.74) is 1.33. The van der Waals surface area contributed by atoms with Crippen LogP contribution >= 0.6 is 0 Å². The predicted molar refractivity (Wildman–Crippen MR) is 104 cm³/mol. The van der Waals surface area contributed by atoms with E-state index in [-0.39, 0.29) is 6.10 Å². The molecule has 2 aromatic rings. The first kappa shape index (κ1) is 18.7. The third-order valence-electron chi connectivity index (χ3n) is 4.97. The molecule has 0 saturated carbocycles. The summed E-state index contributed by atoms with van der Waals surface area (Å²) < 4.78 is 11.2. The number of piperidine rings is 1. The van der Waals surface area contributed by atoms with Crippen LogP contribution in [0.15, 0.2) is 48.5 Å². The van der Waals surface area contributed by atoms with Crippen LogP contribution in [0.25, 0.3) is 0 Å². The SMILES string of the molecule is COc1ccccc1C1(O)CCN(Cc2cccc(OC(C)C)c2)CC1. The first-order valence-electron chi connectivity index (χ1n) is 9.34. The van der Waals surface area contributed by atoms with Gasteiger partial charge in [0.25, 0.3) is 0 Å². The van der Waals surface area contributed by atoms with Crippen molar-refractivity contribution in [2.75, 3.05) is 20.2 Å². The lowest BCUT2D eigenvalue weighted by Crippen LogP contribution is -2.42. The largest absolute Gasteiger partial charge is 0.496 e. The van der Waals surface area contributed by atoms with Gasteiger partial charge in [0.1, 0.15) is 11.5 Å². The van der Waals surface area contributed by atoms with Crippen molar-refractivity contribution in [2.45, 2.75) is 44.9 Å². The second-order valence-electron chi connectivity index (χ2n) is 7.32. The Hall–Kier alpha value is -2.04. The van der Waals surface area contributed by atoms with E-state index in [1.54, 1.807) is 7.11 Å². The maximum atomic E-state index is 11.2. The molecular weight excluding hydrogens is 326 g/mol. The van der Waals surface area contributed by atoms with E-state index in [0.29, 0.717) is 12.8 Å². The zero-order valence-electron chi connectivity index (χ0n) is 15.9. The van der Waals surface area contributed by atoms with Crippen LogP contribution in [0.1, 0.15) is 37.8 Å². The molecule has 1 aliphatic rings. The Morgan fingerprint density at radius 2 is 1.81 bits per heavy atom. The van der Waals surface area contributed by atoms with Crippen molar-refractivity contribution in [3.05, 3.63) is 59.7 Å². The fourth-order valence-electron chi connectivity index (χ4n) is 3.63. The van der Waals surface area contributed by atoms with Gasteiger partial charge in [-0.1, -0.05) is 30.3 Å². The van der Waals surface area contributed by atoms with Gasteiger partial charge < -0.3 is 14.6 Å². The lowest BCUT2D eigenvalue weighted by atomic mass is 9.84. The highest BCUT2D eigenvalue weighted by Crippen LogP contribution is 2.38. The number of methoxy groups -OCH3 is 1. The van der Waals surface area contributed by atoms with Crippen molar-refractivity contribution >= 4 is 0 Å². The summed E-state index contributed by atoms with van der Waals surface area (Å²) in [5, 5.41) is 11.2. The molecule has 1 aliphatic heterocycles. The Morgan fingerprint density at radius 1 is 1.08 bits per heavy atom. The van der Waals surface area contributed by atoms with Gasteiger partial charge in [0, 0.05) is 25.2 Å². The number of rotatable bonds is 6. The molecule has 0 aromatic heterocycles. The van der Waals surface area contributed by atoms with Gasteiger partial charge in [-0.25, -0.2) is 0 Å². The number of ether oxygens (including phenoxy) is 2. The molecule has 2 aromatic carbocycles. The molecule has 0 unspecified atom stereocenters. The van der Waals surface area contributed by atoms with Crippen molar-refractivity contribution < 1.29 is 14.6 Å². The fourth-order valence-corrected chi connectivity index (χ4v) is 3.63. The minimum absolute atomic E-state index is 0.177. The normalized spacial score (nSPS) is 17.3. The first-order valence-corrected chi connectivity index (χ1v) is 9.34. The summed E-state index contributed by atoms with van der Waals surface area (Å²) in [5.74, 6) is 1.68. The van der Waals surface area contributed by atoms with Gasteiger partial charge in [-0.05, 0) is 50.5 Å². The van der Waals surface area contributed by atoms with Gasteiger partial charge in [-0.15, -0.1) is 0 Å². The summed E-state index contributed by atoms with van der Waals surface area (Å²) in [6.45, 7) is 6.65. The van der Waals surface area contributed by atoms with Crippen molar-refractivity contribution in [2.24, 2.45) is 0 Å². The molecule has 0 spiro atoms. The van der Waals surface area contributed by atoms with Gasteiger partial charge in [-0.2, -0.15) is 0 Å². The zero-order chi connectivity index (χ0) is 18.6. The number of hydrogen-bond acceptors (Lipinski definition) is 4. The molecule has 26 heavy (non-hydrogen) atoms. The number of benzene rings is 2. The molecule has 0 amide bonds. The predicted octanol–water partition coefficient (Wildman–Crippen LogP) is 3.97. The van der Waals surface area contributed by atoms with E-state index >= 15 is 0 Å². The monoisotopic (exact) mass is 355 g/mol. The van der Waals surface area contributed by atoms with E-state index in [1.165, 1.54) is 5.56 Å². The second-order valence-corrected chi connectivity index (χ2v) is 7.32. The molecule has 0 radical (unpaired) electrons. The molecule has 1 heterocycles. The van der Waals surface area contributed by atoms with Gasteiger partial charge in [0.15, 0.2) is 0 Å². The van der Waals surface area contributed by atoms with Crippen LogP contribution in [0, 0.1) is 0 Å². The molecule has 3 rings (SSSR count). The van der Waals surface area contributed by atoms with E-state index < -0.39 is 5.60 Å². The topological polar surface area (TPSA) is 41.9 Å². The number of nitrogens with zero attached hydrogens (tertiary/aromatic N) is 1. The number of aliphatic hydroxyl groups is 1. The van der Waals surface area contributed by atoms with Crippen molar-refractivity contribution in [1.29, 1.82) is 0 Å². The number of hydrogen-bond donors (Lipinski definition) is 1. The van der Waals surface area contributed by atoms with Gasteiger partial charge in [0.2, 0.25) is 0 Å². The molecule has 4 heteroatoms. The number of likely N-dealkylation sites (tertiary alicyclic amines) is 1. The zero-order valence-corrected chi connectivity index (χ0v) is 15.9. The second kappa shape index (κ2) is 8.11.